The van der Waals surface area contributed by atoms with Crippen molar-refractivity contribution in [2.75, 3.05) is 20.3 Å². The monoisotopic (exact) mass is 522 g/mol. The molecule has 2 aliphatic rings. The van der Waals surface area contributed by atoms with Crippen LogP contribution in [-0.4, -0.2) is 57.1 Å². The Morgan fingerprint density at radius 1 is 1.11 bits per heavy atom. The minimum atomic E-state index is -0.728. The van der Waals surface area contributed by atoms with Gasteiger partial charge in [-0.25, -0.2) is 0 Å². The van der Waals surface area contributed by atoms with E-state index in [0.717, 1.165) is 17.7 Å². The normalized spacial score (nSPS) is 18.9. The Hall–Kier alpha value is -3.85. The van der Waals surface area contributed by atoms with Crippen molar-refractivity contribution in [1.82, 2.24) is 9.47 Å². The molecule has 0 saturated heterocycles. The zero-order valence-electron chi connectivity index (χ0n) is 21.7. The summed E-state index contributed by atoms with van der Waals surface area (Å²) < 4.78 is 18.5. The van der Waals surface area contributed by atoms with Gasteiger partial charge in [-0.15, -0.1) is 0 Å². The summed E-state index contributed by atoms with van der Waals surface area (Å²) in [4.78, 5) is 13.9. The van der Waals surface area contributed by atoms with E-state index in [-0.39, 0.29) is 42.9 Å². The van der Waals surface area contributed by atoms with Gasteiger partial charge in [0.1, 0.15) is 12.4 Å². The van der Waals surface area contributed by atoms with Crippen LogP contribution in [0.5, 0.6) is 29.0 Å². The number of fused-ring (bicyclic) bond motifs is 1. The molecule has 1 fully saturated rings. The number of aromatic nitrogens is 1. The van der Waals surface area contributed by atoms with Crippen LogP contribution in [0.15, 0.2) is 48.5 Å². The highest BCUT2D eigenvalue weighted by atomic mass is 16.5. The summed E-state index contributed by atoms with van der Waals surface area (Å²) in [6.45, 7) is 4.02. The number of benzene rings is 2. The number of carboxylic acids is 1. The highest BCUT2D eigenvalue weighted by Crippen LogP contribution is 2.40. The van der Waals surface area contributed by atoms with Crippen LogP contribution < -0.4 is 14.2 Å². The largest absolute Gasteiger partial charge is 0.494 e. The summed E-state index contributed by atoms with van der Waals surface area (Å²) in [7, 11) is 1.59. The Morgan fingerprint density at radius 3 is 2.58 bits per heavy atom. The number of methoxy groups -OCH3 is 1. The summed E-state index contributed by atoms with van der Waals surface area (Å²) in [5.41, 5.74) is 3.44. The van der Waals surface area contributed by atoms with E-state index in [2.05, 4.69) is 24.0 Å². The average molecular weight is 523 g/mol. The maximum absolute atomic E-state index is 11.5. The second-order valence-electron chi connectivity index (χ2n) is 10.0. The van der Waals surface area contributed by atoms with Gasteiger partial charge >= 0.3 is 5.97 Å². The summed E-state index contributed by atoms with van der Waals surface area (Å²) in [5, 5.41) is 29.1. The van der Waals surface area contributed by atoms with Crippen molar-refractivity contribution in [3.8, 4) is 29.0 Å². The van der Waals surface area contributed by atoms with Gasteiger partial charge in [0.15, 0.2) is 23.3 Å². The predicted octanol–water partition coefficient (Wildman–Crippen LogP) is 4.35. The van der Waals surface area contributed by atoms with Gasteiger partial charge in [0, 0.05) is 37.2 Å². The van der Waals surface area contributed by atoms with Crippen molar-refractivity contribution >= 4 is 5.97 Å². The van der Waals surface area contributed by atoms with Crippen molar-refractivity contribution < 1.29 is 34.3 Å². The number of ether oxygens (including phenoxy) is 3. The molecule has 1 unspecified atom stereocenters. The molecule has 0 radical (unpaired) electrons. The van der Waals surface area contributed by atoms with Gasteiger partial charge in [-0.1, -0.05) is 18.2 Å². The first kappa shape index (κ1) is 25.8. The molecule has 38 heavy (non-hydrogen) atoms. The molecule has 202 valence electrons. The van der Waals surface area contributed by atoms with Crippen LogP contribution >= 0.6 is 0 Å². The number of aromatic hydroxyl groups is 2. The van der Waals surface area contributed by atoms with E-state index in [0.29, 0.717) is 37.5 Å². The lowest BCUT2D eigenvalue weighted by Crippen LogP contribution is -2.47. The molecule has 1 atom stereocenters. The van der Waals surface area contributed by atoms with Crippen LogP contribution in [0.2, 0.25) is 0 Å². The zero-order valence-corrected chi connectivity index (χ0v) is 21.7. The van der Waals surface area contributed by atoms with Crippen LogP contribution in [0.25, 0.3) is 0 Å². The molecule has 3 aromatic rings. The fourth-order valence-electron chi connectivity index (χ4n) is 5.36. The van der Waals surface area contributed by atoms with E-state index in [1.54, 1.807) is 7.11 Å². The molecular formula is C29H34N2O7. The minimum absolute atomic E-state index is 0.0281. The van der Waals surface area contributed by atoms with Gasteiger partial charge in [-0.2, -0.15) is 0 Å². The number of carbonyl (C=O) groups is 1. The Morgan fingerprint density at radius 2 is 1.87 bits per heavy atom. The molecular weight excluding hydrogens is 488 g/mol. The Bertz CT molecular complexity index is 1280. The standard InChI is InChI=1S/C29H34N2O7/c1-18(20-4-6-24-21(14-20)9-11-37-24)31(23-15-22(16-23)29(34)35)17-19-3-5-25(26(13-19)36-2)38-12-10-30-27(32)7-8-28(30)33/h3-8,13-14,18,22-23,32-33H,9-12,15-17H2,1-2H3,(H,34,35). The average Bonchev–Trinajstić information content (AvgIpc) is 3.48. The fourth-order valence-corrected chi connectivity index (χ4v) is 5.36. The van der Waals surface area contributed by atoms with Crippen LogP contribution in [0.1, 0.15) is 42.5 Å². The zero-order chi connectivity index (χ0) is 26.8. The Labute approximate surface area is 221 Å². The Balaban J connectivity index is 1.31. The second-order valence-corrected chi connectivity index (χ2v) is 10.0. The van der Waals surface area contributed by atoms with Gasteiger partial charge in [-0.05, 0) is 54.7 Å². The summed E-state index contributed by atoms with van der Waals surface area (Å²) in [6.07, 6.45) is 2.17. The molecule has 0 amide bonds. The third kappa shape index (κ3) is 5.24. The Kier molecular flexibility index (Phi) is 7.37. The first-order valence-corrected chi connectivity index (χ1v) is 13.0. The van der Waals surface area contributed by atoms with E-state index in [1.807, 2.05) is 24.3 Å². The number of aliphatic carboxylic acids is 1. The minimum Gasteiger partial charge on any atom is -0.494 e. The molecule has 1 saturated carbocycles. The SMILES string of the molecule is COc1cc(CN(C2CC(C(=O)O)C2)C(C)c2ccc3c(c2)CCO3)ccc1OCCn1c(O)ccc1O. The van der Waals surface area contributed by atoms with Gasteiger partial charge in [0.05, 0.1) is 26.2 Å². The first-order valence-electron chi connectivity index (χ1n) is 13.0. The molecule has 1 aliphatic carbocycles. The van der Waals surface area contributed by atoms with Crippen molar-refractivity contribution in [2.24, 2.45) is 5.92 Å². The highest BCUT2D eigenvalue weighted by Gasteiger charge is 2.40. The van der Waals surface area contributed by atoms with Crippen molar-refractivity contribution in [3.05, 3.63) is 65.2 Å². The number of hydrogen-bond acceptors (Lipinski definition) is 7. The molecule has 1 aromatic heterocycles. The number of carboxylic acid groups (broad SMARTS) is 1. The lowest BCUT2D eigenvalue weighted by Gasteiger charge is -2.44. The molecule has 0 spiro atoms. The molecule has 9 heteroatoms. The fraction of sp³-hybridized carbons (Fsp3) is 0.414. The smallest absolute Gasteiger partial charge is 0.306 e. The molecule has 5 rings (SSSR count). The second kappa shape index (κ2) is 10.9. The van der Waals surface area contributed by atoms with Crippen molar-refractivity contribution in [2.45, 2.75) is 51.4 Å². The number of hydrogen-bond donors (Lipinski definition) is 3. The van der Waals surface area contributed by atoms with Gasteiger partial charge < -0.3 is 29.5 Å². The van der Waals surface area contributed by atoms with Gasteiger partial charge in [0.2, 0.25) is 0 Å². The topological polar surface area (TPSA) is 114 Å². The van der Waals surface area contributed by atoms with Crippen LogP contribution in [0, 0.1) is 5.92 Å². The van der Waals surface area contributed by atoms with Crippen LogP contribution in [0.4, 0.5) is 0 Å². The molecule has 2 heterocycles. The van der Waals surface area contributed by atoms with Crippen molar-refractivity contribution in [1.29, 1.82) is 0 Å². The molecule has 0 bridgehead atoms. The van der Waals surface area contributed by atoms with Crippen LogP contribution in [0.3, 0.4) is 0 Å². The van der Waals surface area contributed by atoms with Crippen molar-refractivity contribution in [3.63, 3.8) is 0 Å². The third-order valence-corrected chi connectivity index (χ3v) is 7.73. The van der Waals surface area contributed by atoms with E-state index in [1.165, 1.54) is 27.8 Å². The number of nitrogens with zero attached hydrogens (tertiary/aromatic N) is 2. The first-order chi connectivity index (χ1) is 18.3. The third-order valence-electron chi connectivity index (χ3n) is 7.73. The predicted molar refractivity (Wildman–Crippen MR) is 140 cm³/mol. The summed E-state index contributed by atoms with van der Waals surface area (Å²) in [6, 6.07) is 15.3. The molecule has 3 N–H and O–H groups in total. The molecule has 1 aliphatic heterocycles. The van der Waals surface area contributed by atoms with E-state index in [4.69, 9.17) is 14.2 Å². The summed E-state index contributed by atoms with van der Waals surface area (Å²) in [5.74, 6) is 1.02. The lowest BCUT2D eigenvalue weighted by atomic mass is 9.78. The van der Waals surface area contributed by atoms with Gasteiger partial charge in [0.25, 0.3) is 0 Å². The van der Waals surface area contributed by atoms with E-state index < -0.39 is 5.97 Å². The molecule has 9 nitrogen and oxygen atoms in total. The van der Waals surface area contributed by atoms with Crippen LogP contribution in [-0.2, 0) is 24.3 Å². The van der Waals surface area contributed by atoms with E-state index in [9.17, 15) is 20.1 Å². The lowest BCUT2D eigenvalue weighted by molar-refractivity contribution is -0.147. The van der Waals surface area contributed by atoms with E-state index >= 15 is 0 Å². The summed E-state index contributed by atoms with van der Waals surface area (Å²) >= 11 is 0. The molecule has 2 aromatic carbocycles. The van der Waals surface area contributed by atoms with Gasteiger partial charge in [-0.3, -0.25) is 14.3 Å². The number of rotatable bonds is 11. The quantitative estimate of drug-likeness (QED) is 0.341. The maximum Gasteiger partial charge on any atom is 0.306 e. The highest BCUT2D eigenvalue weighted by molar-refractivity contribution is 5.71. The maximum atomic E-state index is 11.5.